The molecular weight excluding hydrogens is 423 g/mol. The molecule has 1 aromatic heterocycles. The summed E-state index contributed by atoms with van der Waals surface area (Å²) in [5.74, 6) is 0.454. The molecule has 0 aliphatic rings. The van der Waals surface area contributed by atoms with Crippen molar-refractivity contribution in [3.63, 3.8) is 0 Å². The number of H-pyrrole nitrogens is 1. The van der Waals surface area contributed by atoms with E-state index in [-0.39, 0.29) is 24.0 Å². The molecule has 4 N–H and O–H groups in total. The zero-order chi connectivity index (χ0) is 17.1. The van der Waals surface area contributed by atoms with E-state index in [0.717, 1.165) is 12.1 Å². The summed E-state index contributed by atoms with van der Waals surface area (Å²) in [6.07, 6.45) is 2.92. The first-order valence-corrected chi connectivity index (χ1v) is 8.23. The number of aromatic amines is 1. The molecule has 0 saturated carbocycles. The van der Waals surface area contributed by atoms with Gasteiger partial charge in [-0.3, -0.25) is 4.99 Å². The maximum Gasteiger partial charge on any atom is 0.193 e. The van der Waals surface area contributed by atoms with Crippen molar-refractivity contribution >= 4 is 46.5 Å². The second kappa shape index (κ2) is 8.38. The first kappa shape index (κ1) is 19.3. The molecule has 0 unspecified atom stereocenters. The van der Waals surface area contributed by atoms with Gasteiger partial charge in [0.25, 0.3) is 0 Å². The van der Waals surface area contributed by atoms with Crippen molar-refractivity contribution in [1.82, 2.24) is 4.98 Å². The Morgan fingerprint density at radius 3 is 2.48 bits per heavy atom. The highest BCUT2D eigenvalue weighted by atomic mass is 127. The van der Waals surface area contributed by atoms with E-state index in [2.05, 4.69) is 78.7 Å². The Bertz CT molecular complexity index is 876. The topological polar surface area (TPSA) is 66.2 Å². The van der Waals surface area contributed by atoms with Crippen LogP contribution >= 0.6 is 24.0 Å². The van der Waals surface area contributed by atoms with Gasteiger partial charge < -0.3 is 16.0 Å². The van der Waals surface area contributed by atoms with Crippen LogP contribution < -0.4 is 11.1 Å². The summed E-state index contributed by atoms with van der Waals surface area (Å²) >= 11 is 0. The number of guanidine groups is 1. The van der Waals surface area contributed by atoms with Gasteiger partial charge in [0.15, 0.2) is 5.96 Å². The predicted octanol–water partition coefficient (Wildman–Crippen LogP) is 4.68. The standard InChI is InChI=1S/C20H24N4.HI/c1-13-4-5-18-16(12-23-19(18)11-13)6-7-22-20(21)24-17-9-14(2)8-15(3)10-17;/h4-5,8-12,23H,6-7H2,1-3H3,(H3,21,22,24);1H. The van der Waals surface area contributed by atoms with E-state index < -0.39 is 0 Å². The molecule has 0 aliphatic carbocycles. The number of halogens is 1. The van der Waals surface area contributed by atoms with Crippen LogP contribution in [0.15, 0.2) is 47.6 Å². The summed E-state index contributed by atoms with van der Waals surface area (Å²) in [5, 5.41) is 4.43. The van der Waals surface area contributed by atoms with Crippen molar-refractivity contribution in [3.8, 4) is 0 Å². The van der Waals surface area contributed by atoms with Crippen molar-refractivity contribution in [2.24, 2.45) is 10.7 Å². The molecule has 0 spiro atoms. The fourth-order valence-corrected chi connectivity index (χ4v) is 3.04. The number of benzene rings is 2. The van der Waals surface area contributed by atoms with Crippen LogP contribution in [-0.4, -0.2) is 17.5 Å². The normalized spacial score (nSPS) is 11.4. The molecule has 0 bridgehead atoms. The van der Waals surface area contributed by atoms with E-state index in [9.17, 15) is 0 Å². The van der Waals surface area contributed by atoms with Gasteiger partial charge in [0, 0.05) is 29.3 Å². The van der Waals surface area contributed by atoms with Crippen molar-refractivity contribution in [1.29, 1.82) is 0 Å². The van der Waals surface area contributed by atoms with Gasteiger partial charge in [-0.25, -0.2) is 0 Å². The lowest BCUT2D eigenvalue weighted by atomic mass is 10.1. The fraction of sp³-hybridized carbons (Fsp3) is 0.250. The molecule has 132 valence electrons. The molecule has 1 heterocycles. The quantitative estimate of drug-likeness (QED) is 0.308. The summed E-state index contributed by atoms with van der Waals surface area (Å²) in [6, 6.07) is 12.7. The molecule has 3 rings (SSSR count). The Kier molecular flexibility index (Phi) is 6.47. The smallest absolute Gasteiger partial charge is 0.193 e. The average Bonchev–Trinajstić information content (AvgIpc) is 2.88. The number of hydrogen-bond acceptors (Lipinski definition) is 1. The van der Waals surface area contributed by atoms with E-state index in [4.69, 9.17) is 5.73 Å². The number of hydrogen-bond donors (Lipinski definition) is 3. The highest BCUT2D eigenvalue weighted by Crippen LogP contribution is 2.20. The molecule has 0 amide bonds. The molecule has 0 saturated heterocycles. The molecule has 0 radical (unpaired) electrons. The summed E-state index contributed by atoms with van der Waals surface area (Å²) in [5.41, 5.74) is 13.1. The molecule has 25 heavy (non-hydrogen) atoms. The fourth-order valence-electron chi connectivity index (χ4n) is 3.04. The number of aliphatic imine (C=N–C) groups is 1. The molecular formula is C20H25IN4. The number of aryl methyl sites for hydroxylation is 3. The molecule has 0 aliphatic heterocycles. The zero-order valence-corrected chi connectivity index (χ0v) is 17.2. The number of rotatable bonds is 4. The van der Waals surface area contributed by atoms with Crippen LogP contribution in [0.25, 0.3) is 10.9 Å². The van der Waals surface area contributed by atoms with Gasteiger partial charge in [-0.05, 0) is 67.6 Å². The summed E-state index contributed by atoms with van der Waals surface area (Å²) in [4.78, 5) is 7.77. The second-order valence-corrected chi connectivity index (χ2v) is 6.38. The van der Waals surface area contributed by atoms with Crippen LogP contribution in [0.4, 0.5) is 5.69 Å². The SMILES string of the molecule is Cc1cc(C)cc(NC(N)=NCCc2c[nH]c3cc(C)ccc23)c1.I. The number of nitrogens with zero attached hydrogens (tertiary/aromatic N) is 1. The van der Waals surface area contributed by atoms with Crippen LogP contribution in [0.3, 0.4) is 0 Å². The highest BCUT2D eigenvalue weighted by molar-refractivity contribution is 14.0. The Balaban J connectivity index is 0.00000225. The number of fused-ring (bicyclic) bond motifs is 1. The van der Waals surface area contributed by atoms with Crippen LogP contribution in [0.2, 0.25) is 0 Å². The van der Waals surface area contributed by atoms with Gasteiger partial charge in [0.2, 0.25) is 0 Å². The van der Waals surface area contributed by atoms with Crippen molar-refractivity contribution in [3.05, 3.63) is 64.8 Å². The second-order valence-electron chi connectivity index (χ2n) is 6.38. The lowest BCUT2D eigenvalue weighted by Gasteiger charge is -2.08. The van der Waals surface area contributed by atoms with Gasteiger partial charge in [-0.15, -0.1) is 24.0 Å². The minimum atomic E-state index is 0. The highest BCUT2D eigenvalue weighted by Gasteiger charge is 2.03. The third-order valence-electron chi connectivity index (χ3n) is 4.08. The minimum Gasteiger partial charge on any atom is -0.370 e. The number of nitrogens with two attached hydrogens (primary N) is 1. The van der Waals surface area contributed by atoms with E-state index in [1.54, 1.807) is 0 Å². The molecule has 0 atom stereocenters. The number of anilines is 1. The van der Waals surface area contributed by atoms with Crippen molar-refractivity contribution in [2.75, 3.05) is 11.9 Å². The summed E-state index contributed by atoms with van der Waals surface area (Å²) in [6.45, 7) is 6.91. The minimum absolute atomic E-state index is 0. The first-order valence-electron chi connectivity index (χ1n) is 8.23. The Morgan fingerprint density at radius 2 is 1.76 bits per heavy atom. The summed E-state index contributed by atoms with van der Waals surface area (Å²) in [7, 11) is 0. The van der Waals surface area contributed by atoms with Crippen LogP contribution in [-0.2, 0) is 6.42 Å². The predicted molar refractivity (Wildman–Crippen MR) is 118 cm³/mol. The lowest BCUT2D eigenvalue weighted by molar-refractivity contribution is 0.972. The Hall–Kier alpha value is -2.02. The molecule has 4 nitrogen and oxygen atoms in total. The Morgan fingerprint density at radius 1 is 1.04 bits per heavy atom. The van der Waals surface area contributed by atoms with Crippen LogP contribution in [0.1, 0.15) is 22.3 Å². The maximum atomic E-state index is 6.01. The van der Waals surface area contributed by atoms with Gasteiger partial charge >= 0.3 is 0 Å². The van der Waals surface area contributed by atoms with Gasteiger partial charge in [-0.2, -0.15) is 0 Å². The Labute approximate surface area is 165 Å². The number of aromatic nitrogens is 1. The average molecular weight is 448 g/mol. The molecule has 0 fully saturated rings. The first-order chi connectivity index (χ1) is 11.5. The molecule has 2 aromatic carbocycles. The van der Waals surface area contributed by atoms with Crippen LogP contribution in [0.5, 0.6) is 0 Å². The maximum absolute atomic E-state index is 6.01. The van der Waals surface area contributed by atoms with E-state index in [0.29, 0.717) is 12.5 Å². The number of nitrogens with one attached hydrogen (secondary N) is 2. The third kappa shape index (κ3) is 4.98. The van der Waals surface area contributed by atoms with Gasteiger partial charge in [0.1, 0.15) is 0 Å². The van der Waals surface area contributed by atoms with Crippen LogP contribution in [0, 0.1) is 20.8 Å². The lowest BCUT2D eigenvalue weighted by Crippen LogP contribution is -2.23. The van der Waals surface area contributed by atoms with Gasteiger partial charge in [0.05, 0.1) is 0 Å². The zero-order valence-electron chi connectivity index (χ0n) is 14.9. The van der Waals surface area contributed by atoms with Crippen molar-refractivity contribution < 1.29 is 0 Å². The van der Waals surface area contributed by atoms with Crippen molar-refractivity contribution in [2.45, 2.75) is 27.2 Å². The largest absolute Gasteiger partial charge is 0.370 e. The summed E-state index contributed by atoms with van der Waals surface area (Å²) < 4.78 is 0. The third-order valence-corrected chi connectivity index (χ3v) is 4.08. The van der Waals surface area contributed by atoms with E-state index in [1.165, 1.54) is 33.2 Å². The monoisotopic (exact) mass is 448 g/mol. The van der Waals surface area contributed by atoms with E-state index in [1.807, 2.05) is 0 Å². The molecule has 5 heteroatoms. The molecule has 3 aromatic rings. The van der Waals surface area contributed by atoms with E-state index >= 15 is 0 Å². The van der Waals surface area contributed by atoms with Gasteiger partial charge in [-0.1, -0.05) is 18.2 Å².